The lowest BCUT2D eigenvalue weighted by Crippen LogP contribution is -2.31. The van der Waals surface area contributed by atoms with Gasteiger partial charge in [-0.3, -0.25) is 4.98 Å². The second-order valence-electron chi connectivity index (χ2n) is 3.58. The van der Waals surface area contributed by atoms with Crippen molar-refractivity contribution in [2.45, 2.75) is 6.04 Å². The third kappa shape index (κ3) is 2.29. The van der Waals surface area contributed by atoms with Crippen molar-refractivity contribution >= 4 is 10.9 Å². The highest BCUT2D eigenvalue weighted by Gasteiger charge is 2.05. The average Bonchev–Trinajstić information content (AvgIpc) is 2.35. The van der Waals surface area contributed by atoms with Crippen molar-refractivity contribution in [1.82, 2.24) is 4.98 Å². The average molecular weight is 218 g/mol. The fourth-order valence-electron chi connectivity index (χ4n) is 1.45. The van der Waals surface area contributed by atoms with Gasteiger partial charge in [-0.1, -0.05) is 6.07 Å². The van der Waals surface area contributed by atoms with Crippen LogP contribution in [0.5, 0.6) is 5.75 Å². The lowest BCUT2D eigenvalue weighted by molar-refractivity contribution is 0.208. The predicted molar refractivity (Wildman–Crippen MR) is 62.3 cm³/mol. The Balaban J connectivity index is 2.23. The number of fused-ring (bicyclic) bond motifs is 1. The summed E-state index contributed by atoms with van der Waals surface area (Å²) in [4.78, 5) is 4.23. The van der Waals surface area contributed by atoms with Crippen LogP contribution in [0.1, 0.15) is 0 Å². The standard InChI is InChI=1S/C12H14N2O2/c13-9(7-15)8-16-12-5-1-4-11-10(12)3-2-6-14-11/h1-6,9,15H,7-8,13H2. The first kappa shape index (κ1) is 10.9. The summed E-state index contributed by atoms with van der Waals surface area (Å²) in [5, 5.41) is 9.76. The van der Waals surface area contributed by atoms with Crippen LogP contribution in [0.25, 0.3) is 10.9 Å². The molecule has 4 heteroatoms. The molecule has 1 atom stereocenters. The molecular formula is C12H14N2O2. The molecule has 1 unspecified atom stereocenters. The second-order valence-corrected chi connectivity index (χ2v) is 3.58. The lowest BCUT2D eigenvalue weighted by atomic mass is 10.2. The van der Waals surface area contributed by atoms with Crippen LogP contribution >= 0.6 is 0 Å². The van der Waals surface area contributed by atoms with Crippen LogP contribution in [0.2, 0.25) is 0 Å². The number of hydrogen-bond donors (Lipinski definition) is 2. The van der Waals surface area contributed by atoms with Gasteiger partial charge in [-0.2, -0.15) is 0 Å². The molecule has 1 heterocycles. The molecule has 0 bridgehead atoms. The number of aliphatic hydroxyl groups is 1. The monoisotopic (exact) mass is 218 g/mol. The lowest BCUT2D eigenvalue weighted by Gasteiger charge is -2.12. The maximum atomic E-state index is 8.81. The summed E-state index contributed by atoms with van der Waals surface area (Å²) in [6.07, 6.45) is 1.74. The van der Waals surface area contributed by atoms with E-state index in [2.05, 4.69) is 4.98 Å². The van der Waals surface area contributed by atoms with E-state index in [9.17, 15) is 0 Å². The van der Waals surface area contributed by atoms with Crippen LogP contribution in [0, 0.1) is 0 Å². The molecular weight excluding hydrogens is 204 g/mol. The summed E-state index contributed by atoms with van der Waals surface area (Å²) in [7, 11) is 0. The van der Waals surface area contributed by atoms with Crippen molar-refractivity contribution < 1.29 is 9.84 Å². The summed E-state index contributed by atoms with van der Waals surface area (Å²) >= 11 is 0. The molecule has 0 saturated carbocycles. The van der Waals surface area contributed by atoms with Gasteiger partial charge in [0, 0.05) is 11.6 Å². The second kappa shape index (κ2) is 4.92. The molecule has 0 aliphatic heterocycles. The third-order valence-electron chi connectivity index (χ3n) is 2.29. The Morgan fingerprint density at radius 2 is 2.19 bits per heavy atom. The molecule has 1 aromatic carbocycles. The molecule has 2 rings (SSSR count). The molecule has 0 spiro atoms. The molecule has 0 fully saturated rings. The van der Waals surface area contributed by atoms with E-state index >= 15 is 0 Å². The van der Waals surface area contributed by atoms with E-state index < -0.39 is 0 Å². The number of benzene rings is 1. The normalized spacial score (nSPS) is 12.6. The number of rotatable bonds is 4. The van der Waals surface area contributed by atoms with Gasteiger partial charge in [-0.15, -0.1) is 0 Å². The highest BCUT2D eigenvalue weighted by molar-refractivity contribution is 5.84. The number of aliphatic hydroxyl groups excluding tert-OH is 1. The van der Waals surface area contributed by atoms with Gasteiger partial charge in [0.1, 0.15) is 12.4 Å². The Kier molecular flexibility index (Phi) is 3.34. The maximum absolute atomic E-state index is 8.81. The van der Waals surface area contributed by atoms with Crippen molar-refractivity contribution in [3.05, 3.63) is 36.5 Å². The fraction of sp³-hybridized carbons (Fsp3) is 0.250. The van der Waals surface area contributed by atoms with Gasteiger partial charge in [0.15, 0.2) is 0 Å². The Morgan fingerprint density at radius 3 is 3.00 bits per heavy atom. The van der Waals surface area contributed by atoms with Crippen LogP contribution in [0.4, 0.5) is 0 Å². The van der Waals surface area contributed by atoms with E-state index in [1.54, 1.807) is 6.20 Å². The molecule has 2 aromatic rings. The minimum Gasteiger partial charge on any atom is -0.491 e. The summed E-state index contributed by atoms with van der Waals surface area (Å²) in [5.41, 5.74) is 6.46. The summed E-state index contributed by atoms with van der Waals surface area (Å²) < 4.78 is 5.55. The van der Waals surface area contributed by atoms with Gasteiger partial charge in [0.25, 0.3) is 0 Å². The fourth-order valence-corrected chi connectivity index (χ4v) is 1.45. The van der Waals surface area contributed by atoms with Gasteiger partial charge in [-0.05, 0) is 24.3 Å². The molecule has 1 aromatic heterocycles. The van der Waals surface area contributed by atoms with Gasteiger partial charge in [0.05, 0.1) is 18.2 Å². The Hall–Kier alpha value is -1.65. The zero-order valence-corrected chi connectivity index (χ0v) is 8.84. The highest BCUT2D eigenvalue weighted by Crippen LogP contribution is 2.23. The van der Waals surface area contributed by atoms with Crippen LogP contribution < -0.4 is 10.5 Å². The van der Waals surface area contributed by atoms with Gasteiger partial charge in [-0.25, -0.2) is 0 Å². The van der Waals surface area contributed by atoms with E-state index in [1.807, 2.05) is 30.3 Å². The van der Waals surface area contributed by atoms with E-state index in [1.165, 1.54) is 0 Å². The van der Waals surface area contributed by atoms with E-state index in [4.69, 9.17) is 15.6 Å². The van der Waals surface area contributed by atoms with Crippen molar-refractivity contribution in [2.24, 2.45) is 5.73 Å². The Morgan fingerprint density at radius 1 is 1.31 bits per heavy atom. The molecule has 4 nitrogen and oxygen atoms in total. The van der Waals surface area contributed by atoms with Crippen molar-refractivity contribution in [3.63, 3.8) is 0 Å². The van der Waals surface area contributed by atoms with Crippen molar-refractivity contribution in [1.29, 1.82) is 0 Å². The molecule has 0 aliphatic carbocycles. The molecule has 0 aliphatic rings. The summed E-state index contributed by atoms with van der Waals surface area (Å²) in [6.45, 7) is 0.216. The van der Waals surface area contributed by atoms with Gasteiger partial charge in [0.2, 0.25) is 0 Å². The number of aromatic nitrogens is 1. The van der Waals surface area contributed by atoms with Crippen molar-refractivity contribution in [3.8, 4) is 5.75 Å². The zero-order chi connectivity index (χ0) is 11.4. The minimum atomic E-state index is -0.355. The van der Waals surface area contributed by atoms with E-state index in [0.717, 1.165) is 16.7 Å². The zero-order valence-electron chi connectivity index (χ0n) is 8.84. The van der Waals surface area contributed by atoms with Gasteiger partial charge < -0.3 is 15.6 Å². The Bertz CT molecular complexity index is 468. The number of pyridine rings is 1. The van der Waals surface area contributed by atoms with E-state index in [0.29, 0.717) is 6.61 Å². The molecule has 3 N–H and O–H groups in total. The summed E-state index contributed by atoms with van der Waals surface area (Å²) in [6, 6.07) is 9.13. The van der Waals surface area contributed by atoms with Gasteiger partial charge >= 0.3 is 0 Å². The molecule has 16 heavy (non-hydrogen) atoms. The molecule has 0 saturated heterocycles. The summed E-state index contributed by atoms with van der Waals surface area (Å²) in [5.74, 6) is 0.745. The van der Waals surface area contributed by atoms with Crippen LogP contribution in [-0.2, 0) is 0 Å². The van der Waals surface area contributed by atoms with Crippen molar-refractivity contribution in [2.75, 3.05) is 13.2 Å². The number of ether oxygens (including phenoxy) is 1. The van der Waals surface area contributed by atoms with Crippen LogP contribution in [0.3, 0.4) is 0 Å². The molecule has 84 valence electrons. The SMILES string of the molecule is NC(CO)COc1cccc2ncccc12. The van der Waals surface area contributed by atoms with Crippen LogP contribution in [-0.4, -0.2) is 29.3 Å². The van der Waals surface area contributed by atoms with Crippen LogP contribution in [0.15, 0.2) is 36.5 Å². The Labute approximate surface area is 93.7 Å². The number of hydrogen-bond acceptors (Lipinski definition) is 4. The predicted octanol–water partition coefficient (Wildman–Crippen LogP) is 0.933. The maximum Gasteiger partial charge on any atom is 0.128 e. The smallest absolute Gasteiger partial charge is 0.128 e. The quantitative estimate of drug-likeness (QED) is 0.801. The topological polar surface area (TPSA) is 68.4 Å². The first-order valence-corrected chi connectivity index (χ1v) is 5.14. The number of nitrogens with two attached hydrogens (primary N) is 1. The van der Waals surface area contributed by atoms with E-state index in [-0.39, 0.29) is 12.6 Å². The third-order valence-corrected chi connectivity index (χ3v) is 2.29. The minimum absolute atomic E-state index is 0.0803. The number of nitrogens with zero attached hydrogens (tertiary/aromatic N) is 1. The molecule has 0 radical (unpaired) electrons. The highest BCUT2D eigenvalue weighted by atomic mass is 16.5. The molecule has 0 amide bonds. The largest absolute Gasteiger partial charge is 0.491 e. The first-order valence-electron chi connectivity index (χ1n) is 5.14. The first-order chi connectivity index (χ1) is 7.81.